The topological polar surface area (TPSA) is 179 Å². The van der Waals surface area contributed by atoms with Gasteiger partial charge in [-0.3, -0.25) is 19.6 Å². The molecule has 5 aromatic heterocycles. The van der Waals surface area contributed by atoms with Gasteiger partial charge in [-0.25, -0.2) is 18.7 Å². The van der Waals surface area contributed by atoms with Crippen molar-refractivity contribution in [1.29, 1.82) is 0 Å². The summed E-state index contributed by atoms with van der Waals surface area (Å²) in [5, 5.41) is 18.0. The van der Waals surface area contributed by atoms with E-state index in [4.69, 9.17) is 19.4 Å². The second-order valence-electron chi connectivity index (χ2n) is 18.4. The molecule has 2 bridgehead atoms. The van der Waals surface area contributed by atoms with E-state index in [1.54, 1.807) is 47.6 Å². The molecule has 1 unspecified atom stereocenters. The molecule has 0 aliphatic carbocycles. The van der Waals surface area contributed by atoms with Crippen molar-refractivity contribution >= 4 is 46.9 Å². The first-order chi connectivity index (χ1) is 34.4. The van der Waals surface area contributed by atoms with Crippen molar-refractivity contribution in [3.63, 3.8) is 0 Å². The standard InChI is InChI=1S/C52H58F2N12O5/c1-7-35-26-59-66-43(23-44(60-49(35)66)65-17-9-8-11-36(65)15-20-67)57-25-34-21-37(27-55-24-34)70-29-32(4)52(69)63-18-19-64(33(5)28-63)50(58-30-68)38-22-40(54)47-45-39(53)12-10-13-41(45)71-42-14-16-56-46(31(2)3)48(42)62(6)51(38)61-47/h10,12-14,16,21-24,26-27,30-31,33,36,57,67H,4,7-9,11,15,17-20,25,28-29H2,1-3,5-6H3/t33-,36?/m0/s1. The molecule has 1 aromatic carbocycles. The first kappa shape index (κ1) is 48.5. The van der Waals surface area contributed by atoms with Crippen LogP contribution in [-0.4, -0.2) is 121 Å². The summed E-state index contributed by atoms with van der Waals surface area (Å²) in [7, 11) is 1.73. The van der Waals surface area contributed by atoms with Crippen LogP contribution in [0.25, 0.3) is 16.9 Å². The largest absolute Gasteiger partial charge is 0.487 e. The predicted molar refractivity (Wildman–Crippen MR) is 267 cm³/mol. The molecule has 2 saturated heterocycles. The molecule has 2 amide bonds. The molecule has 19 heteroatoms. The summed E-state index contributed by atoms with van der Waals surface area (Å²) in [5.74, 6) is 0.868. The van der Waals surface area contributed by atoms with Crippen LogP contribution in [0.4, 0.5) is 31.9 Å². The molecule has 0 radical (unpaired) electrons. The molecular weight excluding hydrogens is 911 g/mol. The minimum absolute atomic E-state index is 0.0773. The summed E-state index contributed by atoms with van der Waals surface area (Å²) in [4.78, 5) is 56.9. The number of amides is 2. The first-order valence-electron chi connectivity index (χ1n) is 24.1. The third kappa shape index (κ3) is 9.70. The Kier molecular flexibility index (Phi) is 14.2. The molecule has 0 saturated carbocycles. The van der Waals surface area contributed by atoms with Gasteiger partial charge in [-0.05, 0) is 74.8 Å². The molecule has 9 rings (SSSR count). The zero-order valence-corrected chi connectivity index (χ0v) is 40.6. The van der Waals surface area contributed by atoms with Crippen molar-refractivity contribution in [1.82, 2.24) is 39.3 Å². The van der Waals surface area contributed by atoms with Gasteiger partial charge in [0.2, 0.25) is 6.41 Å². The third-order valence-corrected chi connectivity index (χ3v) is 13.4. The molecule has 370 valence electrons. The molecule has 2 N–H and O–H groups in total. The number of aryl methyl sites for hydroxylation is 1. The number of hydrogen-bond acceptors (Lipinski definition) is 13. The Balaban J connectivity index is 0.889. The quantitative estimate of drug-likeness (QED) is 0.0467. The van der Waals surface area contributed by atoms with Crippen LogP contribution < -0.4 is 24.6 Å². The molecule has 2 atom stereocenters. The minimum atomic E-state index is -0.848. The van der Waals surface area contributed by atoms with Gasteiger partial charge in [0.1, 0.15) is 58.6 Å². The fourth-order valence-corrected chi connectivity index (χ4v) is 9.77. The molecule has 0 spiro atoms. The Hall–Kier alpha value is -7.54. The molecular formula is C52H58F2N12O5. The van der Waals surface area contributed by atoms with Gasteiger partial charge < -0.3 is 39.5 Å². The number of halogens is 2. The Bertz CT molecular complexity index is 3020. The number of carbonyl (C=O) groups excluding carboxylic acids is 2. The highest BCUT2D eigenvalue weighted by atomic mass is 19.1. The number of piperazine rings is 1. The van der Waals surface area contributed by atoms with E-state index < -0.39 is 17.7 Å². The van der Waals surface area contributed by atoms with Crippen molar-refractivity contribution < 1.29 is 33.0 Å². The van der Waals surface area contributed by atoms with Gasteiger partial charge in [-0.2, -0.15) is 14.6 Å². The Morgan fingerprint density at radius 2 is 1.92 bits per heavy atom. The number of ether oxygens (including phenoxy) is 2. The van der Waals surface area contributed by atoms with Crippen molar-refractivity contribution in [2.45, 2.75) is 84.3 Å². The molecule has 8 heterocycles. The summed E-state index contributed by atoms with van der Waals surface area (Å²) in [6.07, 6.45) is 11.8. The number of aromatic nitrogens is 6. The van der Waals surface area contributed by atoms with Crippen molar-refractivity contribution in [3.05, 3.63) is 113 Å². The zero-order chi connectivity index (χ0) is 49.9. The van der Waals surface area contributed by atoms with E-state index in [0.29, 0.717) is 42.3 Å². The first-order valence-corrected chi connectivity index (χ1v) is 24.1. The number of aliphatic imine (C=N–C) groups is 1. The maximum atomic E-state index is 16.5. The van der Waals surface area contributed by atoms with Crippen molar-refractivity contribution in [3.8, 4) is 28.5 Å². The zero-order valence-electron chi connectivity index (χ0n) is 40.6. The van der Waals surface area contributed by atoms with Crippen LogP contribution in [0.3, 0.4) is 0 Å². The number of pyridine rings is 3. The van der Waals surface area contributed by atoms with Gasteiger partial charge in [0.05, 0.1) is 29.2 Å². The molecule has 3 aliphatic heterocycles. The lowest BCUT2D eigenvalue weighted by Crippen LogP contribution is -2.56. The van der Waals surface area contributed by atoms with E-state index in [2.05, 4.69) is 43.8 Å². The summed E-state index contributed by atoms with van der Waals surface area (Å²) >= 11 is 0. The van der Waals surface area contributed by atoms with Crippen molar-refractivity contribution in [2.75, 3.05) is 61.6 Å². The maximum Gasteiger partial charge on any atom is 0.252 e. The number of carbonyl (C=O) groups is 2. The fraction of sp³-hybridized carbons (Fsp3) is 0.385. The normalized spacial score (nSPS) is 17.0. The number of benzene rings is 1. The highest BCUT2D eigenvalue weighted by Gasteiger charge is 2.35. The number of rotatable bonds is 14. The summed E-state index contributed by atoms with van der Waals surface area (Å²) in [6, 6.07) is 10.8. The summed E-state index contributed by atoms with van der Waals surface area (Å²) < 4.78 is 46.4. The third-order valence-electron chi connectivity index (χ3n) is 13.4. The number of hydrogen-bond donors (Lipinski definition) is 2. The molecule has 17 nitrogen and oxygen atoms in total. The molecule has 6 aromatic rings. The number of nitrogens with zero attached hydrogens (tertiary/aromatic N) is 11. The van der Waals surface area contributed by atoms with Crippen LogP contribution in [0.2, 0.25) is 0 Å². The van der Waals surface area contributed by atoms with Crippen LogP contribution in [0.15, 0.2) is 84.4 Å². The number of amidine groups is 1. The van der Waals surface area contributed by atoms with Crippen LogP contribution in [0.5, 0.6) is 17.2 Å². The van der Waals surface area contributed by atoms with Crippen LogP contribution in [0.1, 0.15) is 81.7 Å². The average Bonchev–Trinajstić information content (AvgIpc) is 3.81. The van der Waals surface area contributed by atoms with Crippen LogP contribution in [-0.2, 0) is 22.6 Å². The molecule has 71 heavy (non-hydrogen) atoms. The number of aliphatic hydroxyl groups is 1. The average molecular weight is 969 g/mol. The van der Waals surface area contributed by atoms with Crippen LogP contribution in [0, 0.1) is 11.6 Å². The van der Waals surface area contributed by atoms with Gasteiger partial charge in [0.25, 0.3) is 5.91 Å². The van der Waals surface area contributed by atoms with E-state index in [1.165, 1.54) is 18.2 Å². The SMILES string of the molecule is C=C(COc1cncc(CNc2cc(N3CCCCC3CCO)nc3c(CC)cnn23)c1)C(=O)N1CCN(C(=NC=O)c2cc(F)c3nc2N(C)c2c(ccnc2C(C)C)Oc2cccc(F)c2-3)[C@@H](C)C1. The second kappa shape index (κ2) is 20.8. The highest BCUT2D eigenvalue weighted by Crippen LogP contribution is 2.46. The van der Waals surface area contributed by atoms with Gasteiger partial charge >= 0.3 is 0 Å². The molecule has 2 fully saturated rings. The fourth-order valence-electron chi connectivity index (χ4n) is 9.77. The lowest BCUT2D eigenvalue weighted by molar-refractivity contribution is -0.129. The smallest absolute Gasteiger partial charge is 0.252 e. The Morgan fingerprint density at radius 3 is 2.69 bits per heavy atom. The van der Waals surface area contributed by atoms with Crippen molar-refractivity contribution in [2.24, 2.45) is 4.99 Å². The lowest BCUT2D eigenvalue weighted by Gasteiger charge is -2.42. The lowest BCUT2D eigenvalue weighted by atomic mass is 9.99. The molecule has 3 aliphatic rings. The number of aliphatic hydroxyl groups excluding tert-OH is 1. The number of piperidine rings is 1. The van der Waals surface area contributed by atoms with Gasteiger partial charge in [-0.15, -0.1) is 0 Å². The monoisotopic (exact) mass is 968 g/mol. The van der Waals surface area contributed by atoms with E-state index in [9.17, 15) is 14.7 Å². The van der Waals surface area contributed by atoms with E-state index in [1.807, 2.05) is 48.5 Å². The number of nitrogens with one attached hydrogen (secondary N) is 1. The minimum Gasteiger partial charge on any atom is -0.487 e. The van der Waals surface area contributed by atoms with Gasteiger partial charge in [-0.1, -0.05) is 33.4 Å². The Labute approximate surface area is 410 Å². The van der Waals surface area contributed by atoms with E-state index in [-0.39, 0.29) is 90.5 Å². The second-order valence-corrected chi connectivity index (χ2v) is 18.4. The number of anilines is 4. The van der Waals surface area contributed by atoms with Gasteiger partial charge in [0, 0.05) is 94.1 Å². The van der Waals surface area contributed by atoms with Crippen LogP contribution >= 0.6 is 0 Å². The predicted octanol–water partition coefficient (Wildman–Crippen LogP) is 7.84. The van der Waals surface area contributed by atoms with Gasteiger partial charge in [0.15, 0.2) is 17.2 Å². The summed E-state index contributed by atoms with van der Waals surface area (Å²) in [6.45, 7) is 13.9. The van der Waals surface area contributed by atoms with E-state index in [0.717, 1.165) is 60.6 Å². The maximum absolute atomic E-state index is 16.5. The number of fused-ring (bicyclic) bond motifs is 6. The van der Waals surface area contributed by atoms with E-state index >= 15 is 8.78 Å². The summed E-state index contributed by atoms with van der Waals surface area (Å²) in [5.41, 5.74) is 3.82. The highest BCUT2D eigenvalue weighted by molar-refractivity contribution is 6.07. The Morgan fingerprint density at radius 1 is 1.07 bits per heavy atom.